The van der Waals surface area contributed by atoms with Gasteiger partial charge in [-0.25, -0.2) is 4.79 Å². The molecule has 0 aliphatic heterocycles. The second-order valence-electron chi connectivity index (χ2n) is 4.98. The van der Waals surface area contributed by atoms with Gasteiger partial charge in [-0.3, -0.25) is 13.8 Å². The number of aliphatic hydroxyl groups excluding tert-OH is 1. The zero-order valence-corrected chi connectivity index (χ0v) is 14.5. The third-order valence-electron chi connectivity index (χ3n) is 2.95. The summed E-state index contributed by atoms with van der Waals surface area (Å²) in [5, 5.41) is 9.34. The lowest BCUT2D eigenvalue weighted by molar-refractivity contribution is -0.111. The van der Waals surface area contributed by atoms with Gasteiger partial charge in [0.05, 0.1) is 0 Å². The summed E-state index contributed by atoms with van der Waals surface area (Å²) in [6, 6.07) is 8.31. The van der Waals surface area contributed by atoms with E-state index in [1.54, 1.807) is 25.1 Å². The van der Waals surface area contributed by atoms with Crippen LogP contribution in [0.25, 0.3) is 5.76 Å². The summed E-state index contributed by atoms with van der Waals surface area (Å²) < 4.78 is 25.3. The van der Waals surface area contributed by atoms with Crippen molar-refractivity contribution >= 4 is 28.7 Å². The molecule has 0 atom stereocenters. The Labute approximate surface area is 150 Å². The standard InChI is InChI=1S/C10H6O3.C6H8N2O.H2O3S/c11-8-5-9(12)10(13)7-4-2-1-3-6(7)8;1-4-3-5(2)8-6(9)7-4;1-4(2)3/h1-5,11H;3H,1-2H3,(H,7,8,9);(H2,1,2,3)/p-2. The predicted molar refractivity (Wildman–Crippen MR) is 90.4 cm³/mol. The van der Waals surface area contributed by atoms with E-state index in [1.165, 1.54) is 6.07 Å². The maximum Gasteiger partial charge on any atom is 0.345 e. The molecule has 1 aromatic carbocycles. The van der Waals surface area contributed by atoms with Crippen molar-refractivity contribution in [2.24, 2.45) is 0 Å². The van der Waals surface area contributed by atoms with E-state index in [0.717, 1.165) is 17.5 Å². The Kier molecular flexibility index (Phi) is 7.72. The summed E-state index contributed by atoms with van der Waals surface area (Å²) >= 11 is -3.11. The Morgan fingerprint density at radius 1 is 1.08 bits per heavy atom. The Balaban J connectivity index is 0.000000227. The van der Waals surface area contributed by atoms with E-state index in [4.69, 9.17) is 13.3 Å². The zero-order chi connectivity index (χ0) is 19.9. The molecule has 9 nitrogen and oxygen atoms in total. The highest BCUT2D eigenvalue weighted by Crippen LogP contribution is 2.22. The lowest BCUT2D eigenvalue weighted by Crippen LogP contribution is -2.18. The minimum atomic E-state index is -3.11. The van der Waals surface area contributed by atoms with Crippen molar-refractivity contribution in [2.75, 3.05) is 0 Å². The number of aliphatic hydroxyl groups is 1. The number of rotatable bonds is 0. The number of allylic oxidation sites excluding steroid dienone is 1. The van der Waals surface area contributed by atoms with Crippen LogP contribution < -0.4 is 5.69 Å². The van der Waals surface area contributed by atoms with Crippen LogP contribution in [-0.4, -0.2) is 40.0 Å². The molecular weight excluding hydrogens is 364 g/mol. The van der Waals surface area contributed by atoms with Crippen LogP contribution in [0.5, 0.6) is 0 Å². The number of hydrogen-bond donors (Lipinski definition) is 2. The first-order valence-corrected chi connectivity index (χ1v) is 8.02. The number of nitrogens with zero attached hydrogens (tertiary/aromatic N) is 1. The number of carbonyl (C=O) groups is 2. The van der Waals surface area contributed by atoms with Crippen LogP contribution in [0.1, 0.15) is 27.3 Å². The molecule has 0 saturated carbocycles. The minimum absolute atomic E-state index is 0.139. The van der Waals surface area contributed by atoms with Crippen LogP contribution in [0.4, 0.5) is 0 Å². The zero-order valence-electron chi connectivity index (χ0n) is 13.7. The van der Waals surface area contributed by atoms with E-state index in [-0.39, 0.29) is 17.0 Å². The van der Waals surface area contributed by atoms with Gasteiger partial charge in [0, 0.05) is 28.6 Å². The average Bonchev–Trinajstić information content (AvgIpc) is 2.51. The third-order valence-corrected chi connectivity index (χ3v) is 2.95. The molecule has 0 radical (unpaired) electrons. The molecular formula is C16H14N2O7S-2. The van der Waals surface area contributed by atoms with Gasteiger partial charge in [0.15, 0.2) is 0 Å². The van der Waals surface area contributed by atoms with Crippen molar-refractivity contribution in [3.05, 3.63) is 69.4 Å². The van der Waals surface area contributed by atoms with Gasteiger partial charge in [-0.2, -0.15) is 4.98 Å². The molecule has 0 saturated heterocycles. The van der Waals surface area contributed by atoms with E-state index < -0.39 is 22.9 Å². The fourth-order valence-corrected chi connectivity index (χ4v) is 2.04. The van der Waals surface area contributed by atoms with E-state index in [1.807, 2.05) is 13.0 Å². The topological polar surface area (TPSA) is 163 Å². The maximum absolute atomic E-state index is 11.3. The van der Waals surface area contributed by atoms with Crippen LogP contribution in [0, 0.1) is 13.8 Å². The highest BCUT2D eigenvalue weighted by atomic mass is 32.2. The number of fused-ring (bicyclic) bond motifs is 1. The van der Waals surface area contributed by atoms with Gasteiger partial charge in [-0.15, -0.1) is 11.4 Å². The second kappa shape index (κ2) is 9.51. The lowest BCUT2D eigenvalue weighted by atomic mass is 9.94. The quantitative estimate of drug-likeness (QED) is 0.500. The van der Waals surface area contributed by atoms with Crippen molar-refractivity contribution in [1.82, 2.24) is 9.97 Å². The van der Waals surface area contributed by atoms with Gasteiger partial charge in [-0.05, 0) is 19.9 Å². The lowest BCUT2D eigenvalue weighted by Gasteiger charge is -2.10. The SMILES string of the molecule is Cc1cc(C)[nH]c(=O)n1.O=C1C=C(O)c2ccccc2C1=O.O=S([O-])[O-]. The van der Waals surface area contributed by atoms with Crippen molar-refractivity contribution in [3.63, 3.8) is 0 Å². The fraction of sp³-hybridized carbons (Fsp3) is 0.125. The molecule has 1 heterocycles. The van der Waals surface area contributed by atoms with Crippen molar-refractivity contribution in [3.8, 4) is 0 Å². The number of aromatic amines is 1. The highest BCUT2D eigenvalue weighted by molar-refractivity contribution is 7.72. The first-order chi connectivity index (χ1) is 12.1. The number of ketones is 2. The molecule has 26 heavy (non-hydrogen) atoms. The van der Waals surface area contributed by atoms with Gasteiger partial charge < -0.3 is 19.2 Å². The molecule has 0 bridgehead atoms. The number of H-pyrrole nitrogens is 1. The van der Waals surface area contributed by atoms with Crippen LogP contribution in [0.2, 0.25) is 0 Å². The van der Waals surface area contributed by atoms with E-state index >= 15 is 0 Å². The molecule has 0 spiro atoms. The molecule has 0 unspecified atom stereocenters. The maximum atomic E-state index is 11.3. The van der Waals surface area contributed by atoms with Gasteiger partial charge in [0.25, 0.3) is 0 Å². The van der Waals surface area contributed by atoms with E-state index in [9.17, 15) is 19.5 Å². The number of aryl methyl sites for hydroxylation is 2. The van der Waals surface area contributed by atoms with Gasteiger partial charge in [0.1, 0.15) is 5.76 Å². The van der Waals surface area contributed by atoms with Crippen LogP contribution in [-0.2, 0) is 16.2 Å². The number of carbonyl (C=O) groups excluding carboxylic acids is 2. The average molecular weight is 378 g/mol. The summed E-state index contributed by atoms with van der Waals surface area (Å²) in [4.78, 5) is 39.0. The number of hydrogen-bond acceptors (Lipinski definition) is 8. The molecule has 0 amide bonds. The molecule has 1 aliphatic rings. The molecule has 1 aliphatic carbocycles. The smallest absolute Gasteiger partial charge is 0.345 e. The third kappa shape index (κ3) is 6.51. The molecule has 3 rings (SSSR count). The monoisotopic (exact) mass is 378 g/mol. The number of benzene rings is 1. The van der Waals surface area contributed by atoms with Gasteiger partial charge in [-0.1, -0.05) is 24.3 Å². The molecule has 2 N–H and O–H groups in total. The first kappa shape index (κ1) is 21.1. The van der Waals surface area contributed by atoms with Gasteiger partial charge >= 0.3 is 5.69 Å². The van der Waals surface area contributed by atoms with Crippen molar-refractivity contribution in [2.45, 2.75) is 13.8 Å². The van der Waals surface area contributed by atoms with Crippen LogP contribution >= 0.6 is 0 Å². The highest BCUT2D eigenvalue weighted by Gasteiger charge is 2.24. The summed E-state index contributed by atoms with van der Waals surface area (Å²) in [6.45, 7) is 3.62. The summed E-state index contributed by atoms with van der Waals surface area (Å²) in [5.41, 5.74) is 2.04. The van der Waals surface area contributed by atoms with E-state index in [0.29, 0.717) is 5.56 Å². The molecule has 2 aromatic rings. The summed E-state index contributed by atoms with van der Waals surface area (Å²) in [7, 11) is 0. The predicted octanol–water partition coefficient (Wildman–Crippen LogP) is 0.734. The Morgan fingerprint density at radius 3 is 2.12 bits per heavy atom. The van der Waals surface area contributed by atoms with Crippen molar-refractivity contribution in [1.29, 1.82) is 0 Å². The molecule has 1 aromatic heterocycles. The largest absolute Gasteiger partial charge is 0.784 e. The normalized spacial score (nSPS) is 12.3. The van der Waals surface area contributed by atoms with Crippen LogP contribution in [0.15, 0.2) is 41.2 Å². The van der Waals surface area contributed by atoms with Gasteiger partial charge in [0.2, 0.25) is 11.6 Å². The Morgan fingerprint density at radius 2 is 1.62 bits per heavy atom. The molecule has 10 heteroatoms. The molecule has 138 valence electrons. The number of aromatic nitrogens is 2. The second-order valence-corrected chi connectivity index (χ2v) is 5.39. The Bertz CT molecular complexity index is 907. The molecule has 0 fully saturated rings. The van der Waals surface area contributed by atoms with E-state index in [2.05, 4.69) is 9.97 Å². The van der Waals surface area contributed by atoms with Crippen LogP contribution in [0.3, 0.4) is 0 Å². The number of Topliss-reactive ketones (excluding diaryl/α,β-unsaturated/α-hetero) is 1. The number of nitrogens with one attached hydrogen (secondary N) is 1. The summed E-state index contributed by atoms with van der Waals surface area (Å²) in [6.07, 6.45) is 0.949. The fourth-order valence-electron chi connectivity index (χ4n) is 2.04. The summed E-state index contributed by atoms with van der Waals surface area (Å²) in [5.74, 6) is -1.37. The first-order valence-electron chi connectivity index (χ1n) is 7.02. The minimum Gasteiger partial charge on any atom is -0.784 e. The Hall–Kier alpha value is -2.95. The van der Waals surface area contributed by atoms with Crippen molar-refractivity contribution < 1.29 is 28.0 Å².